The largest absolute Gasteiger partial charge is 0.497 e. The summed E-state index contributed by atoms with van der Waals surface area (Å²) in [7, 11) is 2.08. The van der Waals surface area contributed by atoms with E-state index in [-0.39, 0.29) is 0 Å². The second kappa shape index (κ2) is 6.48. The van der Waals surface area contributed by atoms with E-state index >= 15 is 0 Å². The molecule has 21 heavy (non-hydrogen) atoms. The summed E-state index contributed by atoms with van der Waals surface area (Å²) in [6.45, 7) is 6.96. The highest BCUT2D eigenvalue weighted by molar-refractivity contribution is 8.00. The molecule has 1 heterocycles. The van der Waals surface area contributed by atoms with Gasteiger partial charge in [-0.25, -0.2) is 0 Å². The first-order chi connectivity index (χ1) is 9.94. The first-order valence-corrected chi connectivity index (χ1v) is 11.3. The van der Waals surface area contributed by atoms with Crippen LogP contribution in [0.25, 0.3) is 5.69 Å². The predicted molar refractivity (Wildman–Crippen MR) is 86.3 cm³/mol. The van der Waals surface area contributed by atoms with Gasteiger partial charge < -0.3 is 9.47 Å². The first-order valence-electron chi connectivity index (χ1n) is 6.58. The molecule has 0 unspecified atom stereocenters. The van der Waals surface area contributed by atoms with Gasteiger partial charge in [-0.1, -0.05) is 31.4 Å². The van der Waals surface area contributed by atoms with E-state index in [2.05, 4.69) is 35.2 Å². The molecule has 0 aliphatic rings. The molecule has 0 bridgehead atoms. The lowest BCUT2D eigenvalue weighted by atomic mass is 10.3. The number of nitrogens with zero attached hydrogens (tertiary/aromatic N) is 4. The number of aromatic nitrogens is 4. The second-order valence-electron chi connectivity index (χ2n) is 5.76. The van der Waals surface area contributed by atoms with Gasteiger partial charge in [0.15, 0.2) is 0 Å². The van der Waals surface area contributed by atoms with E-state index in [0.717, 1.165) is 22.0 Å². The van der Waals surface area contributed by atoms with Gasteiger partial charge in [-0.15, -0.1) is 5.10 Å². The topological polar surface area (TPSA) is 62.1 Å². The molecule has 0 radical (unpaired) electrons. The molecule has 2 rings (SSSR count). The van der Waals surface area contributed by atoms with Crippen molar-refractivity contribution in [1.29, 1.82) is 0 Å². The molecule has 114 valence electrons. The van der Waals surface area contributed by atoms with Crippen molar-refractivity contribution in [3.05, 3.63) is 18.2 Å². The normalized spacial score (nSPS) is 11.5. The molecule has 0 N–H and O–H groups in total. The Bertz CT molecular complexity index is 612. The van der Waals surface area contributed by atoms with Gasteiger partial charge in [-0.05, 0) is 27.9 Å². The minimum absolute atomic E-state index is 0.706. The molecule has 0 atom stereocenters. The Balaban J connectivity index is 2.36. The number of methoxy groups -OCH3 is 2. The number of hydrogen-bond acceptors (Lipinski definition) is 6. The molecule has 2 aromatic rings. The standard InChI is InChI=1S/C13H20N4O2SSi/c1-18-10-6-7-12(19-2)11(8-10)17-13(14-15-16-17)20-9-21(3,4)5/h6-8H,9H2,1-5H3. The highest BCUT2D eigenvalue weighted by atomic mass is 32.2. The van der Waals surface area contributed by atoms with Gasteiger partial charge in [0.05, 0.1) is 22.3 Å². The number of hydrogen-bond donors (Lipinski definition) is 0. The zero-order valence-corrected chi connectivity index (χ0v) is 14.8. The van der Waals surface area contributed by atoms with E-state index in [0.29, 0.717) is 5.75 Å². The zero-order chi connectivity index (χ0) is 15.5. The summed E-state index contributed by atoms with van der Waals surface area (Å²) >= 11 is 1.68. The third kappa shape index (κ3) is 3.98. The Hall–Kier alpha value is -1.54. The van der Waals surface area contributed by atoms with Crippen molar-refractivity contribution in [3.63, 3.8) is 0 Å². The van der Waals surface area contributed by atoms with Crippen LogP contribution in [0.4, 0.5) is 0 Å². The maximum Gasteiger partial charge on any atom is 0.213 e. The molecule has 0 aliphatic heterocycles. The van der Waals surface area contributed by atoms with E-state index in [1.165, 1.54) is 0 Å². The third-order valence-corrected chi connectivity index (χ3v) is 7.24. The fourth-order valence-corrected chi connectivity index (χ4v) is 4.26. The van der Waals surface area contributed by atoms with Crippen LogP contribution in [-0.4, -0.2) is 47.9 Å². The molecule has 0 spiro atoms. The van der Waals surface area contributed by atoms with Crippen molar-refractivity contribution < 1.29 is 9.47 Å². The van der Waals surface area contributed by atoms with Crippen molar-refractivity contribution in [2.24, 2.45) is 0 Å². The maximum atomic E-state index is 5.40. The Labute approximate surface area is 129 Å². The van der Waals surface area contributed by atoms with Gasteiger partial charge in [0.1, 0.15) is 17.2 Å². The van der Waals surface area contributed by atoms with Crippen LogP contribution >= 0.6 is 11.8 Å². The summed E-state index contributed by atoms with van der Waals surface area (Å²) in [5, 5.41) is 13.8. The van der Waals surface area contributed by atoms with Gasteiger partial charge in [-0.2, -0.15) is 4.68 Å². The van der Waals surface area contributed by atoms with Crippen LogP contribution in [0, 0.1) is 0 Å². The number of ether oxygens (including phenoxy) is 2. The van der Waals surface area contributed by atoms with Crippen molar-refractivity contribution >= 4 is 19.8 Å². The van der Waals surface area contributed by atoms with Crippen LogP contribution in [-0.2, 0) is 0 Å². The molecular formula is C13H20N4O2SSi. The summed E-state index contributed by atoms with van der Waals surface area (Å²) < 4.78 is 12.4. The quantitative estimate of drug-likeness (QED) is 0.601. The maximum absolute atomic E-state index is 5.40. The Morgan fingerprint density at radius 3 is 2.57 bits per heavy atom. The van der Waals surface area contributed by atoms with Gasteiger partial charge in [-0.3, -0.25) is 0 Å². The van der Waals surface area contributed by atoms with Crippen LogP contribution < -0.4 is 9.47 Å². The lowest BCUT2D eigenvalue weighted by Crippen LogP contribution is -2.24. The fourth-order valence-electron chi connectivity index (χ4n) is 1.66. The Kier molecular flexibility index (Phi) is 4.89. The van der Waals surface area contributed by atoms with Crippen LogP contribution in [0.2, 0.25) is 19.6 Å². The van der Waals surface area contributed by atoms with Crippen LogP contribution in [0.1, 0.15) is 0 Å². The van der Waals surface area contributed by atoms with Crippen molar-refractivity contribution in [1.82, 2.24) is 20.2 Å². The Morgan fingerprint density at radius 2 is 1.95 bits per heavy atom. The van der Waals surface area contributed by atoms with Gasteiger partial charge in [0.25, 0.3) is 0 Å². The number of thioether (sulfide) groups is 1. The lowest BCUT2D eigenvalue weighted by molar-refractivity contribution is 0.399. The highest BCUT2D eigenvalue weighted by Gasteiger charge is 2.19. The van der Waals surface area contributed by atoms with E-state index in [4.69, 9.17) is 9.47 Å². The highest BCUT2D eigenvalue weighted by Crippen LogP contribution is 2.30. The predicted octanol–water partition coefficient (Wildman–Crippen LogP) is 2.65. The van der Waals surface area contributed by atoms with E-state index in [1.807, 2.05) is 18.2 Å². The van der Waals surface area contributed by atoms with Crippen molar-refractivity contribution in [2.45, 2.75) is 24.8 Å². The molecule has 6 nitrogen and oxygen atoms in total. The minimum atomic E-state index is -1.18. The summed E-state index contributed by atoms with van der Waals surface area (Å²) in [5.74, 6) is 1.44. The third-order valence-electron chi connectivity index (χ3n) is 2.69. The molecule has 0 amide bonds. The summed E-state index contributed by atoms with van der Waals surface area (Å²) in [6.07, 6.45) is 0. The number of benzene rings is 1. The van der Waals surface area contributed by atoms with Crippen LogP contribution in [0.3, 0.4) is 0 Å². The zero-order valence-electron chi connectivity index (χ0n) is 13.0. The van der Waals surface area contributed by atoms with Crippen molar-refractivity contribution in [2.75, 3.05) is 19.6 Å². The van der Waals surface area contributed by atoms with E-state index < -0.39 is 8.07 Å². The first kappa shape index (κ1) is 15.8. The molecule has 0 saturated heterocycles. The van der Waals surface area contributed by atoms with E-state index in [9.17, 15) is 0 Å². The minimum Gasteiger partial charge on any atom is -0.497 e. The van der Waals surface area contributed by atoms with Gasteiger partial charge in [0, 0.05) is 6.07 Å². The molecule has 1 aromatic carbocycles. The molecule has 0 saturated carbocycles. The number of tetrazole rings is 1. The molecule has 1 aromatic heterocycles. The van der Waals surface area contributed by atoms with Crippen LogP contribution in [0.15, 0.2) is 23.4 Å². The van der Waals surface area contributed by atoms with Gasteiger partial charge >= 0.3 is 0 Å². The Morgan fingerprint density at radius 1 is 1.19 bits per heavy atom. The SMILES string of the molecule is COc1ccc(OC)c(-n2nnnc2SC[Si](C)(C)C)c1. The number of rotatable bonds is 6. The average molecular weight is 324 g/mol. The fraction of sp³-hybridized carbons (Fsp3) is 0.462. The molecule has 0 fully saturated rings. The van der Waals surface area contributed by atoms with Crippen molar-refractivity contribution in [3.8, 4) is 17.2 Å². The molecule has 8 heteroatoms. The summed E-state index contributed by atoms with van der Waals surface area (Å²) in [5.41, 5.74) is 0.778. The van der Waals surface area contributed by atoms with Gasteiger partial charge in [0.2, 0.25) is 5.16 Å². The smallest absolute Gasteiger partial charge is 0.213 e. The lowest BCUT2D eigenvalue weighted by Gasteiger charge is -2.15. The monoisotopic (exact) mass is 324 g/mol. The van der Waals surface area contributed by atoms with Crippen LogP contribution in [0.5, 0.6) is 11.5 Å². The molecular weight excluding hydrogens is 304 g/mol. The second-order valence-corrected chi connectivity index (χ2v) is 12.7. The molecule has 0 aliphatic carbocycles. The van der Waals surface area contributed by atoms with E-state index in [1.54, 1.807) is 30.7 Å². The summed E-state index contributed by atoms with van der Waals surface area (Å²) in [6, 6.07) is 5.57. The summed E-state index contributed by atoms with van der Waals surface area (Å²) in [4.78, 5) is 0. The average Bonchev–Trinajstić information content (AvgIpc) is 2.92.